The van der Waals surface area contributed by atoms with Gasteiger partial charge in [0.05, 0.1) is 5.41 Å². The number of carbonyl (C=O) groups is 1. The van der Waals surface area contributed by atoms with Crippen LogP contribution in [0.1, 0.15) is 71.6 Å². The van der Waals surface area contributed by atoms with Crippen molar-refractivity contribution in [1.82, 2.24) is 10.6 Å². The van der Waals surface area contributed by atoms with Crippen molar-refractivity contribution in [1.29, 1.82) is 0 Å². The lowest BCUT2D eigenvalue weighted by atomic mass is 9.76. The van der Waals surface area contributed by atoms with E-state index < -0.39 is 0 Å². The van der Waals surface area contributed by atoms with Crippen LogP contribution in [-0.2, 0) is 4.79 Å². The fourth-order valence-electron chi connectivity index (χ4n) is 4.04. The number of hydrogen-bond acceptors (Lipinski definition) is 2. The predicted octanol–water partition coefficient (Wildman–Crippen LogP) is 3.24. The molecule has 2 aliphatic rings. The number of nitrogens with one attached hydrogen (secondary N) is 2. The molecule has 0 aromatic rings. The van der Waals surface area contributed by atoms with Gasteiger partial charge in [-0.3, -0.25) is 4.79 Å². The first-order chi connectivity index (χ1) is 9.72. The van der Waals surface area contributed by atoms with E-state index in [4.69, 9.17) is 0 Å². The van der Waals surface area contributed by atoms with Crippen LogP contribution in [0.5, 0.6) is 0 Å². The molecule has 1 saturated heterocycles. The Morgan fingerprint density at radius 2 is 2.00 bits per heavy atom. The molecule has 1 aliphatic heterocycles. The Labute approximate surface area is 124 Å². The topological polar surface area (TPSA) is 41.1 Å². The lowest BCUT2D eigenvalue weighted by molar-refractivity contribution is -0.133. The van der Waals surface area contributed by atoms with E-state index in [1.165, 1.54) is 32.1 Å². The highest BCUT2D eigenvalue weighted by Gasteiger charge is 2.39. The third-order valence-corrected chi connectivity index (χ3v) is 5.61. The molecule has 20 heavy (non-hydrogen) atoms. The van der Waals surface area contributed by atoms with Crippen molar-refractivity contribution in [3.63, 3.8) is 0 Å². The second kappa shape index (κ2) is 7.44. The molecule has 2 rings (SSSR count). The van der Waals surface area contributed by atoms with Crippen LogP contribution in [0.15, 0.2) is 0 Å². The van der Waals surface area contributed by atoms with Gasteiger partial charge >= 0.3 is 0 Å². The maximum Gasteiger partial charge on any atom is 0.227 e. The van der Waals surface area contributed by atoms with Crippen LogP contribution < -0.4 is 10.6 Å². The van der Waals surface area contributed by atoms with Crippen molar-refractivity contribution < 1.29 is 4.79 Å². The van der Waals surface area contributed by atoms with Crippen LogP contribution in [0.25, 0.3) is 0 Å². The molecular weight excluding hydrogens is 248 g/mol. The number of rotatable bonds is 5. The van der Waals surface area contributed by atoms with Crippen molar-refractivity contribution in [2.75, 3.05) is 13.1 Å². The highest BCUT2D eigenvalue weighted by atomic mass is 16.2. The third-order valence-electron chi connectivity index (χ3n) is 5.61. The molecule has 116 valence electrons. The summed E-state index contributed by atoms with van der Waals surface area (Å²) in [6.45, 7) is 6.30. The van der Waals surface area contributed by atoms with E-state index in [9.17, 15) is 4.79 Å². The highest BCUT2D eigenvalue weighted by molar-refractivity contribution is 5.83. The normalized spacial score (nSPS) is 29.9. The van der Waals surface area contributed by atoms with Gasteiger partial charge in [-0.15, -0.1) is 0 Å². The molecule has 0 bridgehead atoms. The van der Waals surface area contributed by atoms with Crippen molar-refractivity contribution in [3.05, 3.63) is 0 Å². The molecular formula is C17H32N2O. The van der Waals surface area contributed by atoms with Crippen LogP contribution in [0.2, 0.25) is 0 Å². The minimum atomic E-state index is -0.152. The summed E-state index contributed by atoms with van der Waals surface area (Å²) >= 11 is 0. The lowest BCUT2D eigenvalue weighted by Gasteiger charge is -2.38. The van der Waals surface area contributed by atoms with Gasteiger partial charge in [-0.25, -0.2) is 0 Å². The van der Waals surface area contributed by atoms with Crippen LogP contribution in [0, 0.1) is 11.3 Å². The zero-order chi connectivity index (χ0) is 14.4. The molecule has 0 aromatic carbocycles. The quantitative estimate of drug-likeness (QED) is 0.811. The zero-order valence-corrected chi connectivity index (χ0v) is 13.3. The Bertz CT molecular complexity index is 304. The van der Waals surface area contributed by atoms with E-state index in [0.717, 1.165) is 38.8 Å². The van der Waals surface area contributed by atoms with Crippen LogP contribution >= 0.6 is 0 Å². The summed E-state index contributed by atoms with van der Waals surface area (Å²) in [5, 5.41) is 6.84. The Balaban J connectivity index is 1.96. The first-order valence-electron chi connectivity index (χ1n) is 8.73. The minimum Gasteiger partial charge on any atom is -0.353 e. The summed E-state index contributed by atoms with van der Waals surface area (Å²) in [5.74, 6) is 1.02. The van der Waals surface area contributed by atoms with Crippen molar-refractivity contribution in [2.45, 2.75) is 77.7 Å². The van der Waals surface area contributed by atoms with Gasteiger partial charge in [0, 0.05) is 12.6 Å². The Morgan fingerprint density at radius 1 is 1.25 bits per heavy atom. The summed E-state index contributed by atoms with van der Waals surface area (Å²) in [7, 11) is 0. The van der Waals surface area contributed by atoms with Gasteiger partial charge in [0.2, 0.25) is 5.91 Å². The molecule has 3 heteroatoms. The molecule has 2 unspecified atom stereocenters. The molecule has 0 spiro atoms. The van der Waals surface area contributed by atoms with Gasteiger partial charge in [0.15, 0.2) is 0 Å². The summed E-state index contributed by atoms with van der Waals surface area (Å²) in [5.41, 5.74) is -0.152. The zero-order valence-electron chi connectivity index (χ0n) is 13.3. The summed E-state index contributed by atoms with van der Waals surface area (Å²) in [6.07, 6.45) is 10.9. The van der Waals surface area contributed by atoms with Crippen molar-refractivity contribution >= 4 is 5.91 Å². The molecule has 1 amide bonds. The number of hydrogen-bond donors (Lipinski definition) is 2. The average Bonchev–Trinajstić information content (AvgIpc) is 2.53. The molecule has 2 fully saturated rings. The van der Waals surface area contributed by atoms with E-state index in [1.54, 1.807) is 0 Å². The fourth-order valence-corrected chi connectivity index (χ4v) is 4.04. The summed E-state index contributed by atoms with van der Waals surface area (Å²) in [6, 6.07) is 0.396. The van der Waals surface area contributed by atoms with E-state index >= 15 is 0 Å². The van der Waals surface area contributed by atoms with Crippen LogP contribution in [-0.4, -0.2) is 25.0 Å². The Morgan fingerprint density at radius 3 is 2.55 bits per heavy atom. The Kier molecular flexibility index (Phi) is 5.88. The van der Waals surface area contributed by atoms with Gasteiger partial charge in [0.1, 0.15) is 0 Å². The highest BCUT2D eigenvalue weighted by Crippen LogP contribution is 2.32. The summed E-state index contributed by atoms with van der Waals surface area (Å²) < 4.78 is 0. The van der Waals surface area contributed by atoms with Crippen molar-refractivity contribution in [2.24, 2.45) is 11.3 Å². The first-order valence-corrected chi connectivity index (χ1v) is 8.73. The summed E-state index contributed by atoms with van der Waals surface area (Å²) in [4.78, 5) is 12.8. The second-order valence-electron chi connectivity index (χ2n) is 6.80. The predicted molar refractivity (Wildman–Crippen MR) is 83.6 cm³/mol. The maximum atomic E-state index is 12.8. The van der Waals surface area contributed by atoms with E-state index in [2.05, 4.69) is 24.5 Å². The van der Waals surface area contributed by atoms with Gasteiger partial charge in [-0.1, -0.05) is 33.1 Å². The molecule has 1 saturated carbocycles. The lowest BCUT2D eigenvalue weighted by Crippen LogP contribution is -2.53. The fraction of sp³-hybridized carbons (Fsp3) is 0.941. The third kappa shape index (κ3) is 3.55. The molecule has 2 atom stereocenters. The minimum absolute atomic E-state index is 0.152. The van der Waals surface area contributed by atoms with E-state index in [-0.39, 0.29) is 5.41 Å². The van der Waals surface area contributed by atoms with Crippen molar-refractivity contribution in [3.8, 4) is 0 Å². The molecule has 1 aliphatic carbocycles. The first kappa shape index (κ1) is 15.8. The van der Waals surface area contributed by atoms with E-state index in [0.29, 0.717) is 17.9 Å². The van der Waals surface area contributed by atoms with Gasteiger partial charge in [-0.05, 0) is 51.0 Å². The largest absolute Gasteiger partial charge is 0.353 e. The van der Waals surface area contributed by atoms with Gasteiger partial charge in [-0.2, -0.15) is 0 Å². The molecule has 2 N–H and O–H groups in total. The van der Waals surface area contributed by atoms with Crippen LogP contribution in [0.4, 0.5) is 0 Å². The number of carbonyl (C=O) groups excluding carboxylic acids is 1. The van der Waals surface area contributed by atoms with Gasteiger partial charge in [0.25, 0.3) is 0 Å². The molecule has 3 nitrogen and oxygen atoms in total. The standard InChI is InChI=1S/C17H32N2O/c1-3-15(14-9-6-5-7-10-14)19-16(20)17(4-2)11-8-12-18-13-17/h14-15,18H,3-13H2,1-2H3,(H,19,20). The average molecular weight is 280 g/mol. The second-order valence-corrected chi connectivity index (χ2v) is 6.80. The van der Waals surface area contributed by atoms with E-state index in [1.807, 2.05) is 0 Å². The monoisotopic (exact) mass is 280 g/mol. The smallest absolute Gasteiger partial charge is 0.227 e. The van der Waals surface area contributed by atoms with Crippen LogP contribution in [0.3, 0.4) is 0 Å². The number of piperidine rings is 1. The SMILES string of the molecule is CCC(NC(=O)C1(CC)CCCNC1)C1CCCCC1. The molecule has 0 aromatic heterocycles. The maximum absolute atomic E-state index is 12.8. The van der Waals surface area contributed by atoms with Gasteiger partial charge < -0.3 is 10.6 Å². The number of amides is 1. The molecule has 0 radical (unpaired) electrons. The molecule has 1 heterocycles. The Hall–Kier alpha value is -0.570.